The van der Waals surface area contributed by atoms with E-state index < -0.39 is 5.91 Å². The standard InChI is InChI=1S/C17H26N2O3/c1-12(2)9-19(10-13(3)4)16(20)11-22-15-7-5-14(6-8-15)17(18)21/h5-8,12-13H,9-11H2,1-4H3,(H2,18,21). The Morgan fingerprint density at radius 1 is 1.05 bits per heavy atom. The lowest BCUT2D eigenvalue weighted by molar-refractivity contribution is -0.134. The summed E-state index contributed by atoms with van der Waals surface area (Å²) in [5.74, 6) is 0.867. The Labute approximate surface area is 132 Å². The van der Waals surface area contributed by atoms with Crippen molar-refractivity contribution < 1.29 is 14.3 Å². The molecule has 2 amide bonds. The first-order valence-electron chi connectivity index (χ1n) is 7.60. The van der Waals surface area contributed by atoms with Gasteiger partial charge in [-0.3, -0.25) is 9.59 Å². The summed E-state index contributed by atoms with van der Waals surface area (Å²) in [6, 6.07) is 6.45. The van der Waals surface area contributed by atoms with E-state index in [-0.39, 0.29) is 12.5 Å². The van der Waals surface area contributed by atoms with Crippen molar-refractivity contribution in [1.29, 1.82) is 0 Å². The minimum atomic E-state index is -0.484. The van der Waals surface area contributed by atoms with E-state index >= 15 is 0 Å². The van der Waals surface area contributed by atoms with Crippen molar-refractivity contribution in [2.45, 2.75) is 27.7 Å². The molecule has 0 bridgehead atoms. The fraction of sp³-hybridized carbons (Fsp3) is 0.529. The smallest absolute Gasteiger partial charge is 0.260 e. The molecule has 1 aromatic carbocycles. The maximum atomic E-state index is 12.3. The molecule has 0 heterocycles. The van der Waals surface area contributed by atoms with Crippen LogP contribution >= 0.6 is 0 Å². The van der Waals surface area contributed by atoms with Gasteiger partial charge in [0.1, 0.15) is 5.75 Å². The highest BCUT2D eigenvalue weighted by atomic mass is 16.5. The van der Waals surface area contributed by atoms with Gasteiger partial charge in [-0.2, -0.15) is 0 Å². The number of nitrogens with two attached hydrogens (primary N) is 1. The highest BCUT2D eigenvalue weighted by molar-refractivity contribution is 5.92. The fourth-order valence-electron chi connectivity index (χ4n) is 2.11. The molecule has 0 radical (unpaired) electrons. The van der Waals surface area contributed by atoms with Gasteiger partial charge in [-0.15, -0.1) is 0 Å². The third kappa shape index (κ3) is 6.16. The van der Waals surface area contributed by atoms with Crippen molar-refractivity contribution >= 4 is 11.8 Å². The first-order valence-corrected chi connectivity index (χ1v) is 7.60. The molecule has 1 aromatic rings. The van der Waals surface area contributed by atoms with E-state index in [1.54, 1.807) is 24.3 Å². The van der Waals surface area contributed by atoms with Crippen molar-refractivity contribution in [2.24, 2.45) is 17.6 Å². The number of ether oxygens (including phenoxy) is 1. The highest BCUT2D eigenvalue weighted by Gasteiger charge is 2.16. The van der Waals surface area contributed by atoms with Gasteiger partial charge in [-0.1, -0.05) is 27.7 Å². The van der Waals surface area contributed by atoms with Gasteiger partial charge >= 0.3 is 0 Å². The second-order valence-electron chi connectivity index (χ2n) is 6.26. The van der Waals surface area contributed by atoms with E-state index in [1.165, 1.54) is 0 Å². The third-order valence-corrected chi connectivity index (χ3v) is 3.02. The third-order valence-electron chi connectivity index (χ3n) is 3.02. The van der Waals surface area contributed by atoms with Crippen LogP contribution in [0.15, 0.2) is 24.3 Å². The molecule has 0 aliphatic rings. The summed E-state index contributed by atoms with van der Waals surface area (Å²) in [5, 5.41) is 0. The quantitative estimate of drug-likeness (QED) is 0.801. The van der Waals surface area contributed by atoms with Crippen molar-refractivity contribution in [2.75, 3.05) is 19.7 Å². The molecular formula is C17H26N2O3. The first-order chi connectivity index (χ1) is 10.3. The Hall–Kier alpha value is -2.04. The van der Waals surface area contributed by atoms with Crippen LogP contribution in [-0.4, -0.2) is 36.4 Å². The summed E-state index contributed by atoms with van der Waals surface area (Å²) in [4.78, 5) is 25.1. The SMILES string of the molecule is CC(C)CN(CC(C)C)C(=O)COc1ccc(C(N)=O)cc1. The molecule has 5 nitrogen and oxygen atoms in total. The molecule has 22 heavy (non-hydrogen) atoms. The van der Waals surface area contributed by atoms with E-state index in [4.69, 9.17) is 10.5 Å². The normalized spacial score (nSPS) is 10.8. The van der Waals surface area contributed by atoms with Gasteiger partial charge in [-0.25, -0.2) is 0 Å². The summed E-state index contributed by atoms with van der Waals surface area (Å²) in [6.07, 6.45) is 0. The number of amides is 2. The van der Waals surface area contributed by atoms with E-state index in [1.807, 2.05) is 4.90 Å². The van der Waals surface area contributed by atoms with Gasteiger partial charge in [0.05, 0.1) is 0 Å². The average molecular weight is 306 g/mol. The van der Waals surface area contributed by atoms with Gasteiger partial charge in [-0.05, 0) is 36.1 Å². The minimum Gasteiger partial charge on any atom is -0.484 e. The van der Waals surface area contributed by atoms with Crippen molar-refractivity contribution in [1.82, 2.24) is 4.90 Å². The fourth-order valence-corrected chi connectivity index (χ4v) is 2.11. The van der Waals surface area contributed by atoms with Gasteiger partial charge in [0.25, 0.3) is 5.91 Å². The zero-order valence-electron chi connectivity index (χ0n) is 13.8. The van der Waals surface area contributed by atoms with E-state index in [9.17, 15) is 9.59 Å². The lowest BCUT2D eigenvalue weighted by Gasteiger charge is -2.26. The van der Waals surface area contributed by atoms with Crippen LogP contribution in [0.25, 0.3) is 0 Å². The van der Waals surface area contributed by atoms with Crippen LogP contribution in [-0.2, 0) is 4.79 Å². The zero-order valence-corrected chi connectivity index (χ0v) is 13.8. The van der Waals surface area contributed by atoms with Gasteiger partial charge in [0.15, 0.2) is 6.61 Å². The predicted molar refractivity (Wildman–Crippen MR) is 86.7 cm³/mol. The predicted octanol–water partition coefficient (Wildman–Crippen LogP) is 2.30. The molecule has 5 heteroatoms. The number of nitrogens with zero attached hydrogens (tertiary/aromatic N) is 1. The molecule has 0 atom stereocenters. The Balaban J connectivity index is 2.59. The molecule has 2 N–H and O–H groups in total. The topological polar surface area (TPSA) is 72.6 Å². The molecule has 0 unspecified atom stereocenters. The summed E-state index contributed by atoms with van der Waals surface area (Å²) in [7, 11) is 0. The second-order valence-corrected chi connectivity index (χ2v) is 6.26. The molecule has 1 rings (SSSR count). The van der Waals surface area contributed by atoms with E-state index in [2.05, 4.69) is 27.7 Å². The van der Waals surface area contributed by atoms with E-state index in [0.29, 0.717) is 23.1 Å². The van der Waals surface area contributed by atoms with Crippen LogP contribution in [0, 0.1) is 11.8 Å². The van der Waals surface area contributed by atoms with Crippen LogP contribution in [0.2, 0.25) is 0 Å². The van der Waals surface area contributed by atoms with Crippen LogP contribution in [0.3, 0.4) is 0 Å². The highest BCUT2D eigenvalue weighted by Crippen LogP contribution is 2.12. The van der Waals surface area contributed by atoms with Crippen molar-refractivity contribution in [3.05, 3.63) is 29.8 Å². The number of hydrogen-bond donors (Lipinski definition) is 1. The monoisotopic (exact) mass is 306 g/mol. The number of hydrogen-bond acceptors (Lipinski definition) is 3. The number of primary amides is 1. The summed E-state index contributed by atoms with van der Waals surface area (Å²) >= 11 is 0. The van der Waals surface area contributed by atoms with Gasteiger partial charge in [0, 0.05) is 18.7 Å². The summed E-state index contributed by atoms with van der Waals surface area (Å²) in [5.41, 5.74) is 5.59. The summed E-state index contributed by atoms with van der Waals surface area (Å²) < 4.78 is 5.50. The molecule has 0 aliphatic heterocycles. The Morgan fingerprint density at radius 2 is 1.55 bits per heavy atom. The summed E-state index contributed by atoms with van der Waals surface area (Å²) in [6.45, 7) is 9.79. The largest absolute Gasteiger partial charge is 0.484 e. The minimum absolute atomic E-state index is 0.00461. The van der Waals surface area contributed by atoms with Crippen LogP contribution in [0.4, 0.5) is 0 Å². The Bertz CT molecular complexity index is 485. The first kappa shape index (κ1) is 18.0. The van der Waals surface area contributed by atoms with Gasteiger partial charge < -0.3 is 15.4 Å². The molecule has 0 saturated heterocycles. The molecule has 0 spiro atoms. The lowest BCUT2D eigenvalue weighted by Crippen LogP contribution is -2.39. The van der Waals surface area contributed by atoms with Crippen LogP contribution < -0.4 is 10.5 Å². The van der Waals surface area contributed by atoms with E-state index in [0.717, 1.165) is 13.1 Å². The molecule has 122 valence electrons. The number of carbonyl (C=O) groups is 2. The average Bonchev–Trinajstić information content (AvgIpc) is 2.43. The molecule has 0 aliphatic carbocycles. The molecule has 0 fully saturated rings. The Morgan fingerprint density at radius 3 is 1.95 bits per heavy atom. The number of benzene rings is 1. The van der Waals surface area contributed by atoms with Crippen LogP contribution in [0.1, 0.15) is 38.1 Å². The maximum Gasteiger partial charge on any atom is 0.260 e. The number of rotatable bonds is 8. The molecule has 0 aromatic heterocycles. The number of carbonyl (C=O) groups excluding carboxylic acids is 2. The van der Waals surface area contributed by atoms with Crippen LogP contribution in [0.5, 0.6) is 5.75 Å². The lowest BCUT2D eigenvalue weighted by atomic mass is 10.1. The van der Waals surface area contributed by atoms with Gasteiger partial charge in [0.2, 0.25) is 5.91 Å². The molecular weight excluding hydrogens is 280 g/mol. The second kappa shape index (κ2) is 8.41. The molecule has 0 saturated carbocycles. The Kier molecular flexibility index (Phi) is 6.89. The zero-order chi connectivity index (χ0) is 16.7. The van der Waals surface area contributed by atoms with Crippen molar-refractivity contribution in [3.8, 4) is 5.75 Å². The maximum absolute atomic E-state index is 12.3. The van der Waals surface area contributed by atoms with Crippen molar-refractivity contribution in [3.63, 3.8) is 0 Å².